The van der Waals surface area contributed by atoms with Crippen LogP contribution in [0.15, 0.2) is 24.3 Å². The average molecular weight is 330 g/mol. The predicted molar refractivity (Wildman–Crippen MR) is 89.2 cm³/mol. The van der Waals surface area contributed by atoms with Crippen LogP contribution in [0.25, 0.3) is 11.0 Å². The minimum Gasteiger partial charge on any atom is -0.376 e. The summed E-state index contributed by atoms with van der Waals surface area (Å²) in [6.07, 6.45) is 2.16. The van der Waals surface area contributed by atoms with Gasteiger partial charge in [0.05, 0.1) is 23.7 Å². The van der Waals surface area contributed by atoms with Crippen LogP contribution in [-0.4, -0.2) is 40.6 Å². The average Bonchev–Trinajstić information content (AvgIpc) is 3.19. The molecule has 1 aliphatic heterocycles. The number of benzene rings is 1. The van der Waals surface area contributed by atoms with Crippen LogP contribution in [0.5, 0.6) is 0 Å². The molecule has 1 fully saturated rings. The van der Waals surface area contributed by atoms with Gasteiger partial charge in [0.1, 0.15) is 12.4 Å². The van der Waals surface area contributed by atoms with E-state index in [0.717, 1.165) is 30.5 Å². The second-order valence-electron chi connectivity index (χ2n) is 5.95. The Balaban J connectivity index is 1.72. The molecule has 7 nitrogen and oxygen atoms in total. The first-order valence-corrected chi connectivity index (χ1v) is 8.20. The van der Waals surface area contributed by atoms with Gasteiger partial charge in [-0.15, -0.1) is 0 Å². The second-order valence-corrected chi connectivity index (χ2v) is 5.95. The van der Waals surface area contributed by atoms with E-state index in [1.807, 2.05) is 28.8 Å². The number of amides is 2. The lowest BCUT2D eigenvalue weighted by atomic mass is 10.2. The van der Waals surface area contributed by atoms with Crippen LogP contribution < -0.4 is 10.6 Å². The first-order chi connectivity index (χ1) is 11.6. The highest BCUT2D eigenvalue weighted by atomic mass is 16.5. The van der Waals surface area contributed by atoms with E-state index in [1.54, 1.807) is 0 Å². The lowest BCUT2D eigenvalue weighted by Crippen LogP contribution is -2.34. The maximum Gasteiger partial charge on any atom is 0.240 e. The van der Waals surface area contributed by atoms with Gasteiger partial charge in [-0.25, -0.2) is 4.98 Å². The van der Waals surface area contributed by atoms with Crippen LogP contribution in [0.1, 0.15) is 25.6 Å². The number of nitrogens with zero attached hydrogens (tertiary/aromatic N) is 2. The zero-order valence-corrected chi connectivity index (χ0v) is 13.7. The van der Waals surface area contributed by atoms with Gasteiger partial charge >= 0.3 is 0 Å². The van der Waals surface area contributed by atoms with Crippen LogP contribution in [0, 0.1) is 0 Å². The number of carbonyl (C=O) groups excluding carboxylic acids is 2. The fourth-order valence-electron chi connectivity index (χ4n) is 2.87. The summed E-state index contributed by atoms with van der Waals surface area (Å²) in [4.78, 5) is 28.0. The van der Waals surface area contributed by atoms with Gasteiger partial charge in [-0.3, -0.25) is 9.59 Å². The Morgan fingerprint density at radius 2 is 2.17 bits per heavy atom. The van der Waals surface area contributed by atoms with Crippen molar-refractivity contribution in [3.05, 3.63) is 30.1 Å². The number of ether oxygens (including phenoxy) is 1. The third kappa shape index (κ3) is 3.91. The van der Waals surface area contributed by atoms with E-state index in [9.17, 15) is 9.59 Å². The summed E-state index contributed by atoms with van der Waals surface area (Å²) >= 11 is 0. The van der Waals surface area contributed by atoms with Crippen molar-refractivity contribution in [3.63, 3.8) is 0 Å². The highest BCUT2D eigenvalue weighted by Gasteiger charge is 2.18. The van der Waals surface area contributed by atoms with Crippen LogP contribution >= 0.6 is 0 Å². The quantitative estimate of drug-likeness (QED) is 0.826. The summed E-state index contributed by atoms with van der Waals surface area (Å²) in [5.41, 5.74) is 1.69. The molecular weight excluding hydrogens is 308 g/mol. The van der Waals surface area contributed by atoms with Crippen LogP contribution in [0.3, 0.4) is 0 Å². The molecule has 1 aliphatic rings. The third-order valence-electron chi connectivity index (χ3n) is 4.08. The molecule has 128 valence electrons. The van der Waals surface area contributed by atoms with Crippen molar-refractivity contribution >= 4 is 22.8 Å². The van der Waals surface area contributed by atoms with Crippen molar-refractivity contribution in [3.8, 4) is 0 Å². The van der Waals surface area contributed by atoms with E-state index in [-0.39, 0.29) is 24.5 Å². The number of fused-ring (bicyclic) bond motifs is 1. The molecule has 1 saturated heterocycles. The van der Waals surface area contributed by atoms with Crippen molar-refractivity contribution < 1.29 is 14.3 Å². The molecule has 24 heavy (non-hydrogen) atoms. The molecule has 0 aliphatic carbocycles. The molecule has 2 N–H and O–H groups in total. The van der Waals surface area contributed by atoms with E-state index < -0.39 is 0 Å². The molecule has 7 heteroatoms. The number of para-hydroxylation sites is 2. The summed E-state index contributed by atoms with van der Waals surface area (Å²) in [6, 6.07) is 7.63. The fraction of sp³-hybridized carbons (Fsp3) is 0.471. The maximum absolute atomic E-state index is 12.3. The minimum absolute atomic E-state index is 0.0854. The minimum atomic E-state index is -0.128. The van der Waals surface area contributed by atoms with E-state index >= 15 is 0 Å². The number of hydrogen-bond acceptors (Lipinski definition) is 4. The van der Waals surface area contributed by atoms with Crippen molar-refractivity contribution in [2.75, 3.05) is 13.2 Å². The normalized spacial score (nSPS) is 17.1. The molecule has 0 saturated carbocycles. The zero-order chi connectivity index (χ0) is 16.9. The number of aromatic nitrogens is 2. The lowest BCUT2D eigenvalue weighted by molar-refractivity contribution is -0.122. The number of carbonyl (C=O) groups is 2. The summed E-state index contributed by atoms with van der Waals surface area (Å²) in [6.45, 7) is 3.23. The number of rotatable bonds is 6. The Kier molecular flexibility index (Phi) is 5.10. The molecule has 0 bridgehead atoms. The molecule has 1 atom stereocenters. The molecule has 3 rings (SSSR count). The Morgan fingerprint density at radius 1 is 1.33 bits per heavy atom. The summed E-state index contributed by atoms with van der Waals surface area (Å²) in [7, 11) is 0. The second kappa shape index (κ2) is 7.44. The molecule has 2 heterocycles. The first kappa shape index (κ1) is 16.4. The molecule has 2 amide bonds. The largest absolute Gasteiger partial charge is 0.376 e. The van der Waals surface area contributed by atoms with Crippen molar-refractivity contribution in [1.29, 1.82) is 0 Å². The smallest absolute Gasteiger partial charge is 0.240 e. The van der Waals surface area contributed by atoms with Crippen molar-refractivity contribution in [2.24, 2.45) is 0 Å². The summed E-state index contributed by atoms with van der Waals surface area (Å²) < 4.78 is 7.36. The topological polar surface area (TPSA) is 85.2 Å². The van der Waals surface area contributed by atoms with Gasteiger partial charge < -0.3 is 19.9 Å². The van der Waals surface area contributed by atoms with Crippen LogP contribution in [-0.2, 0) is 27.4 Å². The Morgan fingerprint density at radius 3 is 2.92 bits per heavy atom. The maximum atomic E-state index is 12.3. The highest BCUT2D eigenvalue weighted by Crippen LogP contribution is 2.16. The first-order valence-electron chi connectivity index (χ1n) is 8.20. The van der Waals surface area contributed by atoms with E-state index in [0.29, 0.717) is 18.9 Å². The molecule has 1 aromatic carbocycles. The summed E-state index contributed by atoms with van der Waals surface area (Å²) in [5, 5.41) is 5.66. The number of hydrogen-bond donors (Lipinski definition) is 2. The monoisotopic (exact) mass is 330 g/mol. The van der Waals surface area contributed by atoms with E-state index in [1.165, 1.54) is 6.92 Å². The lowest BCUT2D eigenvalue weighted by Gasteiger charge is -2.13. The van der Waals surface area contributed by atoms with E-state index in [2.05, 4.69) is 15.6 Å². The SMILES string of the molecule is CC(=O)NCc1nc2ccccc2n1CC(=O)NCC1CCCO1. The van der Waals surface area contributed by atoms with Crippen molar-refractivity contribution in [1.82, 2.24) is 20.2 Å². The molecule has 2 aromatic rings. The van der Waals surface area contributed by atoms with Gasteiger partial charge in [0.15, 0.2) is 0 Å². The molecule has 0 spiro atoms. The molecular formula is C17H22N4O3. The van der Waals surface area contributed by atoms with E-state index in [4.69, 9.17) is 4.74 Å². The van der Waals surface area contributed by atoms with Crippen LogP contribution in [0.4, 0.5) is 0 Å². The van der Waals surface area contributed by atoms with Gasteiger partial charge in [0.25, 0.3) is 0 Å². The van der Waals surface area contributed by atoms with Gasteiger partial charge in [-0.05, 0) is 25.0 Å². The van der Waals surface area contributed by atoms with Crippen molar-refractivity contribution in [2.45, 2.75) is 39.0 Å². The van der Waals surface area contributed by atoms with Gasteiger partial charge in [0, 0.05) is 20.1 Å². The van der Waals surface area contributed by atoms with Gasteiger partial charge in [-0.2, -0.15) is 0 Å². The third-order valence-corrected chi connectivity index (χ3v) is 4.08. The summed E-state index contributed by atoms with van der Waals surface area (Å²) in [5.74, 6) is 0.452. The molecule has 1 aromatic heterocycles. The highest BCUT2D eigenvalue weighted by molar-refractivity contribution is 5.81. The number of nitrogens with one attached hydrogen (secondary N) is 2. The predicted octanol–water partition coefficient (Wildman–Crippen LogP) is 0.968. The zero-order valence-electron chi connectivity index (χ0n) is 13.7. The van der Waals surface area contributed by atoms with Crippen LogP contribution in [0.2, 0.25) is 0 Å². The Hall–Kier alpha value is -2.41. The Bertz CT molecular complexity index is 735. The standard InChI is InChI=1S/C17H22N4O3/c1-12(22)18-10-16-20-14-6-2-3-7-15(14)21(16)11-17(23)19-9-13-5-4-8-24-13/h2-3,6-7,13H,4-5,8-11H2,1H3,(H,18,22)(H,19,23). The fourth-order valence-corrected chi connectivity index (χ4v) is 2.87. The molecule has 0 radical (unpaired) electrons. The van der Waals surface area contributed by atoms with Gasteiger partial charge in [-0.1, -0.05) is 12.1 Å². The molecule has 1 unspecified atom stereocenters. The number of imidazole rings is 1. The van der Waals surface area contributed by atoms with Gasteiger partial charge in [0.2, 0.25) is 11.8 Å². The Labute approximate surface area is 140 Å².